The topological polar surface area (TPSA) is 45.2 Å². The third kappa shape index (κ3) is 4.78. The first-order valence-electron chi connectivity index (χ1n) is 8.38. The van der Waals surface area contributed by atoms with Gasteiger partial charge >= 0.3 is 0 Å². The zero-order chi connectivity index (χ0) is 17.4. The Morgan fingerprint density at radius 2 is 1.88 bits per heavy atom. The summed E-state index contributed by atoms with van der Waals surface area (Å²) in [7, 11) is 0. The van der Waals surface area contributed by atoms with Crippen molar-refractivity contribution in [3.63, 3.8) is 0 Å². The molecule has 0 aliphatic rings. The van der Waals surface area contributed by atoms with E-state index in [2.05, 4.69) is 24.1 Å². The smallest absolute Gasteiger partial charge is 0.272 e. The summed E-state index contributed by atoms with van der Waals surface area (Å²) < 4.78 is 13.7. The summed E-state index contributed by atoms with van der Waals surface area (Å²) in [5.41, 5.74) is 1.75. The molecule has 24 heavy (non-hydrogen) atoms. The average molecular weight is 329 g/mol. The van der Waals surface area contributed by atoms with Gasteiger partial charge in [-0.15, -0.1) is 0 Å². The van der Waals surface area contributed by atoms with Gasteiger partial charge in [-0.05, 0) is 31.0 Å². The molecule has 0 saturated heterocycles. The second-order valence-corrected chi connectivity index (χ2v) is 5.67. The first-order chi connectivity index (χ1) is 11.7. The zero-order valence-electron chi connectivity index (χ0n) is 14.3. The van der Waals surface area contributed by atoms with E-state index >= 15 is 0 Å². The van der Waals surface area contributed by atoms with E-state index in [1.165, 1.54) is 6.07 Å². The van der Waals surface area contributed by atoms with Crippen LogP contribution in [-0.2, 0) is 6.54 Å². The molecule has 2 aromatic rings. The van der Waals surface area contributed by atoms with Gasteiger partial charge in [0.15, 0.2) is 0 Å². The van der Waals surface area contributed by atoms with E-state index in [4.69, 9.17) is 0 Å². The molecule has 0 aliphatic carbocycles. The van der Waals surface area contributed by atoms with Gasteiger partial charge in [0.05, 0.1) is 0 Å². The largest absolute Gasteiger partial charge is 0.381 e. The number of rotatable bonds is 8. The lowest BCUT2D eigenvalue weighted by atomic mass is 10.2. The maximum absolute atomic E-state index is 13.7. The monoisotopic (exact) mass is 329 g/mol. The second kappa shape index (κ2) is 9.01. The number of hydrogen-bond acceptors (Lipinski definition) is 3. The van der Waals surface area contributed by atoms with Gasteiger partial charge in [-0.1, -0.05) is 32.0 Å². The number of nitrogens with one attached hydrogen (secondary N) is 1. The van der Waals surface area contributed by atoms with E-state index in [-0.39, 0.29) is 11.7 Å². The molecule has 4 nitrogen and oxygen atoms in total. The Morgan fingerprint density at radius 1 is 1.17 bits per heavy atom. The van der Waals surface area contributed by atoms with Crippen molar-refractivity contribution in [2.24, 2.45) is 0 Å². The highest BCUT2D eigenvalue weighted by Crippen LogP contribution is 2.14. The molecule has 0 radical (unpaired) electrons. The van der Waals surface area contributed by atoms with Gasteiger partial charge in [0.25, 0.3) is 5.91 Å². The van der Waals surface area contributed by atoms with Crippen molar-refractivity contribution < 1.29 is 9.18 Å². The lowest BCUT2D eigenvalue weighted by Gasteiger charge is -2.21. The summed E-state index contributed by atoms with van der Waals surface area (Å²) in [5.74, 6) is -0.305. The Balaban J connectivity index is 2.07. The quantitative estimate of drug-likeness (QED) is 0.793. The highest BCUT2D eigenvalue weighted by molar-refractivity contribution is 5.93. The predicted molar refractivity (Wildman–Crippen MR) is 94.4 cm³/mol. The predicted octanol–water partition coefficient (Wildman–Crippen LogP) is 4.10. The van der Waals surface area contributed by atoms with Crippen LogP contribution >= 0.6 is 0 Å². The fraction of sp³-hybridized carbons (Fsp3) is 0.368. The Morgan fingerprint density at radius 3 is 2.54 bits per heavy atom. The van der Waals surface area contributed by atoms with Crippen LogP contribution in [0.5, 0.6) is 0 Å². The molecule has 0 spiro atoms. The molecule has 0 bridgehead atoms. The Kier molecular flexibility index (Phi) is 6.73. The molecular formula is C19H24FN3O. The summed E-state index contributed by atoms with van der Waals surface area (Å²) in [6.07, 6.45) is 3.43. The van der Waals surface area contributed by atoms with Crippen LogP contribution < -0.4 is 5.32 Å². The van der Waals surface area contributed by atoms with E-state index in [1.54, 1.807) is 36.5 Å². The number of halogens is 1. The number of nitrogens with zero attached hydrogens (tertiary/aromatic N) is 2. The van der Waals surface area contributed by atoms with E-state index in [9.17, 15) is 9.18 Å². The molecule has 2 rings (SSSR count). The number of carbonyl (C=O) groups excluding carboxylic acids is 1. The van der Waals surface area contributed by atoms with Gasteiger partial charge in [-0.3, -0.25) is 9.78 Å². The molecule has 1 heterocycles. The van der Waals surface area contributed by atoms with Crippen LogP contribution in [0, 0.1) is 5.82 Å². The maximum Gasteiger partial charge on any atom is 0.272 e. The van der Waals surface area contributed by atoms with E-state index < -0.39 is 0 Å². The van der Waals surface area contributed by atoms with Crippen LogP contribution in [0.15, 0.2) is 42.6 Å². The third-order valence-electron chi connectivity index (χ3n) is 3.69. The molecule has 1 aromatic carbocycles. The molecule has 0 fully saturated rings. The first kappa shape index (κ1) is 17.9. The van der Waals surface area contributed by atoms with Crippen LogP contribution in [0.25, 0.3) is 0 Å². The lowest BCUT2D eigenvalue weighted by Crippen LogP contribution is -2.33. The minimum atomic E-state index is -0.243. The number of aromatic nitrogens is 1. The number of anilines is 1. The summed E-state index contributed by atoms with van der Waals surface area (Å²) in [4.78, 5) is 18.6. The van der Waals surface area contributed by atoms with Gasteiger partial charge in [0.2, 0.25) is 0 Å². The third-order valence-corrected chi connectivity index (χ3v) is 3.69. The molecule has 128 valence electrons. The van der Waals surface area contributed by atoms with Crippen molar-refractivity contribution in [2.45, 2.75) is 33.2 Å². The summed E-state index contributed by atoms with van der Waals surface area (Å²) in [6, 6.07) is 10.1. The molecule has 0 atom stereocenters. The lowest BCUT2D eigenvalue weighted by molar-refractivity contribution is 0.0749. The summed E-state index contributed by atoms with van der Waals surface area (Å²) >= 11 is 0. The fourth-order valence-corrected chi connectivity index (χ4v) is 2.51. The van der Waals surface area contributed by atoms with Crippen molar-refractivity contribution in [3.8, 4) is 0 Å². The van der Waals surface area contributed by atoms with Gasteiger partial charge in [0, 0.05) is 37.1 Å². The van der Waals surface area contributed by atoms with Crippen molar-refractivity contribution in [2.75, 3.05) is 18.4 Å². The number of benzene rings is 1. The highest BCUT2D eigenvalue weighted by Gasteiger charge is 2.15. The Bertz CT molecular complexity index is 669. The average Bonchev–Trinajstić information content (AvgIpc) is 2.60. The van der Waals surface area contributed by atoms with Gasteiger partial charge in [-0.25, -0.2) is 4.39 Å². The van der Waals surface area contributed by atoms with Crippen molar-refractivity contribution >= 4 is 11.6 Å². The van der Waals surface area contributed by atoms with E-state index in [0.29, 0.717) is 17.8 Å². The molecule has 1 N–H and O–H groups in total. The minimum Gasteiger partial charge on any atom is -0.381 e. The van der Waals surface area contributed by atoms with E-state index in [1.807, 2.05) is 4.90 Å². The maximum atomic E-state index is 13.7. The van der Waals surface area contributed by atoms with Crippen molar-refractivity contribution in [1.29, 1.82) is 0 Å². The SMILES string of the molecule is CCCN(CCC)C(=O)c1cc(NCc2ccccc2F)ccn1. The standard InChI is InChI=1S/C19H24FN3O/c1-3-11-23(12-4-2)19(24)18-13-16(9-10-21-18)22-14-15-7-5-6-8-17(15)20/h5-10,13H,3-4,11-12,14H2,1-2H3,(H,21,22). The molecule has 0 unspecified atom stereocenters. The number of amides is 1. The molecule has 1 amide bonds. The van der Waals surface area contributed by atoms with Gasteiger partial charge < -0.3 is 10.2 Å². The van der Waals surface area contributed by atoms with Gasteiger partial charge in [-0.2, -0.15) is 0 Å². The molecule has 0 aliphatic heterocycles. The van der Waals surface area contributed by atoms with Crippen LogP contribution in [0.4, 0.5) is 10.1 Å². The Hall–Kier alpha value is -2.43. The summed E-state index contributed by atoms with van der Waals surface area (Å²) in [5, 5.41) is 3.15. The number of carbonyl (C=O) groups is 1. The fourth-order valence-electron chi connectivity index (χ4n) is 2.51. The normalized spacial score (nSPS) is 10.5. The van der Waals surface area contributed by atoms with Crippen LogP contribution in [-0.4, -0.2) is 28.9 Å². The van der Waals surface area contributed by atoms with Crippen molar-refractivity contribution in [1.82, 2.24) is 9.88 Å². The minimum absolute atomic E-state index is 0.0618. The van der Waals surface area contributed by atoms with Crippen LogP contribution in [0.3, 0.4) is 0 Å². The number of hydrogen-bond donors (Lipinski definition) is 1. The zero-order valence-corrected chi connectivity index (χ0v) is 14.3. The Labute approximate surface area is 142 Å². The molecular weight excluding hydrogens is 305 g/mol. The number of pyridine rings is 1. The molecule has 0 saturated carbocycles. The van der Waals surface area contributed by atoms with E-state index in [0.717, 1.165) is 31.6 Å². The second-order valence-electron chi connectivity index (χ2n) is 5.67. The van der Waals surface area contributed by atoms with Crippen LogP contribution in [0.1, 0.15) is 42.7 Å². The highest BCUT2D eigenvalue weighted by atomic mass is 19.1. The molecule has 5 heteroatoms. The van der Waals surface area contributed by atoms with Gasteiger partial charge in [0.1, 0.15) is 11.5 Å². The molecule has 1 aromatic heterocycles. The van der Waals surface area contributed by atoms with Crippen LogP contribution in [0.2, 0.25) is 0 Å². The van der Waals surface area contributed by atoms with Crippen molar-refractivity contribution in [3.05, 3.63) is 59.7 Å². The first-order valence-corrected chi connectivity index (χ1v) is 8.38. The summed E-state index contributed by atoms with van der Waals surface area (Å²) in [6.45, 7) is 5.91.